The summed E-state index contributed by atoms with van der Waals surface area (Å²) in [6.07, 6.45) is 4.40. The maximum atomic E-state index is 13.1. The van der Waals surface area contributed by atoms with Crippen LogP contribution >= 0.6 is 12.6 Å². The SMILES string of the molecule is NC[C@H]1CCCO1.O.O.O=C(Nc1cccc(-c2ccc(S)cc2)c1)C1(c2ccc3c(c2)OCO3)CC1.[HH]. The fourth-order valence-electron chi connectivity index (χ4n) is 4.48. The molecule has 0 unspecified atom stereocenters. The summed E-state index contributed by atoms with van der Waals surface area (Å²) in [6, 6.07) is 21.7. The summed E-state index contributed by atoms with van der Waals surface area (Å²) in [6.45, 7) is 1.85. The third kappa shape index (κ3) is 6.44. The van der Waals surface area contributed by atoms with Crippen molar-refractivity contribution < 1.29 is 31.4 Å². The highest BCUT2D eigenvalue weighted by molar-refractivity contribution is 7.80. The standard InChI is InChI=1S/C23H19NO3S.C5H11NO.2H2O.H2/c25-22(23(10-11-23)17-6-9-20-21(13-17)27-14-26-20)24-18-3-1-2-16(12-18)15-4-7-19(28)8-5-15;6-4-5-2-1-3-7-5;;;/h1-9,12-13,28H,10-11,14H2,(H,24,25);5H,1-4,6H2;2*1H2;1H/t;5-;;;/m.1.../s1. The van der Waals surface area contributed by atoms with Crippen molar-refractivity contribution in [1.29, 1.82) is 0 Å². The molecule has 8 nitrogen and oxygen atoms in total. The predicted molar refractivity (Wildman–Crippen MR) is 149 cm³/mol. The highest BCUT2D eigenvalue weighted by atomic mass is 32.1. The van der Waals surface area contributed by atoms with Gasteiger partial charge in [0.05, 0.1) is 11.5 Å². The molecule has 0 radical (unpaired) electrons. The van der Waals surface area contributed by atoms with Crippen LogP contribution in [0.4, 0.5) is 5.69 Å². The average molecular weight is 529 g/mol. The van der Waals surface area contributed by atoms with Crippen molar-refractivity contribution in [3.05, 3.63) is 72.3 Å². The van der Waals surface area contributed by atoms with Crippen LogP contribution in [-0.2, 0) is 14.9 Å². The first kappa shape index (κ1) is 28.5. The van der Waals surface area contributed by atoms with E-state index in [1.807, 2.05) is 66.7 Å². The highest BCUT2D eigenvalue weighted by Crippen LogP contribution is 2.51. The van der Waals surface area contributed by atoms with Crippen LogP contribution in [0.15, 0.2) is 71.6 Å². The van der Waals surface area contributed by atoms with Crippen LogP contribution in [0.2, 0.25) is 0 Å². The molecule has 1 saturated heterocycles. The van der Waals surface area contributed by atoms with E-state index in [2.05, 4.69) is 17.9 Å². The number of hydrogen-bond acceptors (Lipinski definition) is 6. The van der Waals surface area contributed by atoms with Gasteiger partial charge in [0.2, 0.25) is 12.7 Å². The minimum Gasteiger partial charge on any atom is -0.454 e. The maximum absolute atomic E-state index is 13.1. The molecule has 1 saturated carbocycles. The van der Waals surface area contributed by atoms with Crippen molar-refractivity contribution in [2.45, 2.75) is 42.1 Å². The summed E-state index contributed by atoms with van der Waals surface area (Å²) in [4.78, 5) is 14.0. The number of hydrogen-bond donors (Lipinski definition) is 3. The van der Waals surface area contributed by atoms with E-state index in [-0.39, 0.29) is 25.1 Å². The van der Waals surface area contributed by atoms with Gasteiger partial charge < -0.3 is 36.2 Å². The molecular weight excluding hydrogens is 492 g/mol. The minimum absolute atomic E-state index is 0. The number of thiol groups is 1. The summed E-state index contributed by atoms with van der Waals surface area (Å²) in [5.74, 6) is 1.47. The molecule has 7 N–H and O–H groups in total. The Morgan fingerprint density at radius 3 is 2.41 bits per heavy atom. The monoisotopic (exact) mass is 528 g/mol. The summed E-state index contributed by atoms with van der Waals surface area (Å²) < 4.78 is 16.0. The molecule has 3 aromatic rings. The van der Waals surface area contributed by atoms with E-state index in [9.17, 15) is 4.79 Å². The van der Waals surface area contributed by atoms with Gasteiger partial charge in [-0.2, -0.15) is 0 Å². The molecule has 200 valence electrons. The second-order valence-corrected chi connectivity index (χ2v) is 9.62. The van der Waals surface area contributed by atoms with Crippen LogP contribution in [0, 0.1) is 0 Å². The fourth-order valence-corrected chi connectivity index (χ4v) is 4.63. The molecular formula is C28H36N2O6S. The second-order valence-electron chi connectivity index (χ2n) is 9.10. The molecule has 3 aromatic carbocycles. The van der Waals surface area contributed by atoms with E-state index in [4.69, 9.17) is 19.9 Å². The van der Waals surface area contributed by atoms with Crippen molar-refractivity contribution in [1.82, 2.24) is 0 Å². The van der Waals surface area contributed by atoms with E-state index in [0.717, 1.165) is 58.9 Å². The largest absolute Gasteiger partial charge is 0.454 e. The molecule has 0 spiro atoms. The first-order chi connectivity index (χ1) is 17.1. The van der Waals surface area contributed by atoms with Crippen LogP contribution in [0.1, 0.15) is 32.7 Å². The van der Waals surface area contributed by atoms with Gasteiger partial charge in [0.15, 0.2) is 11.5 Å². The summed E-state index contributed by atoms with van der Waals surface area (Å²) >= 11 is 4.33. The number of ether oxygens (including phenoxy) is 3. The number of benzene rings is 3. The molecule has 0 aromatic heterocycles. The van der Waals surface area contributed by atoms with Crippen molar-refractivity contribution in [2.75, 3.05) is 25.3 Å². The minimum atomic E-state index is -0.481. The molecule has 2 heterocycles. The van der Waals surface area contributed by atoms with Crippen molar-refractivity contribution in [3.8, 4) is 22.6 Å². The van der Waals surface area contributed by atoms with E-state index in [0.29, 0.717) is 18.4 Å². The van der Waals surface area contributed by atoms with Crippen molar-refractivity contribution >= 4 is 24.2 Å². The van der Waals surface area contributed by atoms with Gasteiger partial charge in [0, 0.05) is 25.2 Å². The van der Waals surface area contributed by atoms with Gasteiger partial charge in [-0.05, 0) is 78.8 Å². The first-order valence-corrected chi connectivity index (χ1v) is 12.4. The van der Waals surface area contributed by atoms with Crippen molar-refractivity contribution in [3.63, 3.8) is 0 Å². The molecule has 0 bridgehead atoms. The average Bonchev–Trinajstić information content (AvgIpc) is 3.28. The van der Waals surface area contributed by atoms with Crippen LogP contribution in [-0.4, -0.2) is 42.9 Å². The summed E-state index contributed by atoms with van der Waals surface area (Å²) in [5.41, 5.74) is 8.75. The number of amides is 1. The van der Waals surface area contributed by atoms with Crippen LogP contribution in [0.3, 0.4) is 0 Å². The Morgan fingerprint density at radius 1 is 1.00 bits per heavy atom. The molecule has 2 aliphatic heterocycles. The molecule has 1 amide bonds. The smallest absolute Gasteiger partial charge is 0.235 e. The summed E-state index contributed by atoms with van der Waals surface area (Å²) in [7, 11) is 0. The number of carbonyl (C=O) groups is 1. The van der Waals surface area contributed by atoms with Gasteiger partial charge in [-0.1, -0.05) is 30.3 Å². The number of fused-ring (bicyclic) bond motifs is 1. The maximum Gasteiger partial charge on any atom is 0.235 e. The lowest BCUT2D eigenvalue weighted by Crippen LogP contribution is -2.27. The lowest BCUT2D eigenvalue weighted by molar-refractivity contribution is -0.118. The number of nitrogens with two attached hydrogens (primary N) is 1. The number of anilines is 1. The van der Waals surface area contributed by atoms with Crippen molar-refractivity contribution in [2.24, 2.45) is 5.73 Å². The number of carbonyl (C=O) groups excluding carboxylic acids is 1. The van der Waals surface area contributed by atoms with Crippen LogP contribution < -0.4 is 20.5 Å². The second kappa shape index (κ2) is 12.4. The Hall–Kier alpha value is -3.08. The molecule has 1 aliphatic carbocycles. The van der Waals surface area contributed by atoms with Gasteiger partial charge >= 0.3 is 0 Å². The van der Waals surface area contributed by atoms with Gasteiger partial charge in [0.1, 0.15) is 0 Å². The van der Waals surface area contributed by atoms with Crippen LogP contribution in [0.25, 0.3) is 11.1 Å². The van der Waals surface area contributed by atoms with Gasteiger partial charge in [0.25, 0.3) is 0 Å². The van der Waals surface area contributed by atoms with E-state index in [1.54, 1.807) is 0 Å². The zero-order chi connectivity index (χ0) is 24.3. The summed E-state index contributed by atoms with van der Waals surface area (Å²) in [5, 5.41) is 3.11. The molecule has 1 atom stereocenters. The topological polar surface area (TPSA) is 146 Å². The Balaban J connectivity index is 0.000000445. The predicted octanol–water partition coefficient (Wildman–Crippen LogP) is 3.76. The number of rotatable bonds is 5. The Morgan fingerprint density at radius 2 is 1.76 bits per heavy atom. The first-order valence-electron chi connectivity index (χ1n) is 12.0. The van der Waals surface area contributed by atoms with Gasteiger partial charge in [-0.15, -0.1) is 12.6 Å². The lowest BCUT2D eigenvalue weighted by Gasteiger charge is -2.17. The molecule has 6 rings (SSSR count). The Bertz CT molecular complexity index is 1200. The Kier molecular flexibility index (Phi) is 9.58. The van der Waals surface area contributed by atoms with E-state index < -0.39 is 5.41 Å². The normalized spacial score (nSPS) is 17.9. The Labute approximate surface area is 223 Å². The van der Waals surface area contributed by atoms with Crippen LogP contribution in [0.5, 0.6) is 11.5 Å². The number of nitrogens with one attached hydrogen (secondary N) is 1. The lowest BCUT2D eigenvalue weighted by atomic mass is 9.94. The highest BCUT2D eigenvalue weighted by Gasteiger charge is 2.51. The molecule has 37 heavy (non-hydrogen) atoms. The van der Waals surface area contributed by atoms with Gasteiger partial charge in [-0.25, -0.2) is 0 Å². The quantitative estimate of drug-likeness (QED) is 0.432. The third-order valence-corrected chi connectivity index (χ3v) is 7.02. The molecule has 2 fully saturated rings. The zero-order valence-electron chi connectivity index (χ0n) is 20.5. The molecule has 3 aliphatic rings. The zero-order valence-corrected chi connectivity index (χ0v) is 21.4. The fraction of sp³-hybridized carbons (Fsp3) is 0.321. The van der Waals surface area contributed by atoms with E-state index >= 15 is 0 Å². The molecule has 9 heteroatoms. The van der Waals surface area contributed by atoms with E-state index in [1.165, 1.54) is 6.42 Å². The van der Waals surface area contributed by atoms with Gasteiger partial charge in [-0.3, -0.25) is 4.79 Å². The third-order valence-electron chi connectivity index (χ3n) is 6.72.